The lowest BCUT2D eigenvalue weighted by molar-refractivity contribution is 0.0420. The summed E-state index contributed by atoms with van der Waals surface area (Å²) < 4.78 is 0. The van der Waals surface area contributed by atoms with Crippen molar-refractivity contribution in [2.45, 2.75) is 78.7 Å². The van der Waals surface area contributed by atoms with Crippen LogP contribution in [-0.4, -0.2) is 54.5 Å². The zero-order valence-electron chi connectivity index (χ0n) is 20.4. The second kappa shape index (κ2) is 11.0. The maximum absolute atomic E-state index is 11.7. The van der Waals surface area contributed by atoms with E-state index in [-0.39, 0.29) is 5.91 Å². The Kier molecular flexibility index (Phi) is 8.58. The van der Waals surface area contributed by atoms with E-state index in [1.165, 1.54) is 76.8 Å². The predicted molar refractivity (Wildman–Crippen MR) is 130 cm³/mol. The van der Waals surface area contributed by atoms with E-state index < -0.39 is 0 Å². The number of hydrogen-bond acceptors (Lipinski definition) is 3. The third-order valence-electron chi connectivity index (χ3n) is 7.90. The molecule has 1 amide bonds. The number of rotatable bonds is 8. The van der Waals surface area contributed by atoms with Gasteiger partial charge in [0.25, 0.3) is 0 Å². The van der Waals surface area contributed by atoms with Crippen molar-refractivity contribution >= 4 is 5.91 Å². The molecule has 4 nitrogen and oxygen atoms in total. The monoisotopic (exact) mass is 427 g/mol. The predicted octanol–water partition coefficient (Wildman–Crippen LogP) is 4.97. The lowest BCUT2D eigenvalue weighted by atomic mass is 9.68. The number of unbranched alkanes of at least 4 members (excludes halogenated alkanes) is 1. The minimum absolute atomic E-state index is 0.325. The van der Waals surface area contributed by atoms with Crippen LogP contribution >= 0.6 is 0 Å². The Morgan fingerprint density at radius 1 is 1.10 bits per heavy atom. The topological polar surface area (TPSA) is 49.6 Å². The van der Waals surface area contributed by atoms with Crippen LogP contribution in [0, 0.1) is 17.3 Å². The second-order valence-corrected chi connectivity index (χ2v) is 11.0. The molecule has 1 saturated heterocycles. The van der Waals surface area contributed by atoms with Gasteiger partial charge in [-0.3, -0.25) is 9.69 Å². The number of primary amides is 1. The Balaban J connectivity index is 1.70. The van der Waals surface area contributed by atoms with Crippen LogP contribution in [0.15, 0.2) is 24.3 Å². The van der Waals surface area contributed by atoms with Gasteiger partial charge in [-0.2, -0.15) is 0 Å². The van der Waals surface area contributed by atoms with Crippen molar-refractivity contribution in [1.29, 1.82) is 0 Å². The fourth-order valence-corrected chi connectivity index (χ4v) is 5.76. The highest BCUT2D eigenvalue weighted by molar-refractivity contribution is 5.92. The number of carbonyl (C=O) groups excluding carboxylic acids is 1. The normalized spacial score (nSPS) is 24.8. The summed E-state index contributed by atoms with van der Waals surface area (Å²) in [5, 5.41) is 0. The fraction of sp³-hybridized carbons (Fsp3) is 0.741. The zero-order chi connectivity index (χ0) is 22.4. The van der Waals surface area contributed by atoms with Gasteiger partial charge >= 0.3 is 0 Å². The molecule has 1 saturated carbocycles. The van der Waals surface area contributed by atoms with Gasteiger partial charge in [-0.15, -0.1) is 0 Å². The Morgan fingerprint density at radius 3 is 2.35 bits per heavy atom. The molecule has 0 aromatic heterocycles. The number of nitrogens with two attached hydrogens (primary N) is 1. The van der Waals surface area contributed by atoms with E-state index in [1.807, 2.05) is 18.2 Å². The van der Waals surface area contributed by atoms with Crippen molar-refractivity contribution < 1.29 is 4.79 Å². The zero-order valence-corrected chi connectivity index (χ0v) is 20.4. The average molecular weight is 428 g/mol. The Morgan fingerprint density at radius 2 is 1.77 bits per heavy atom. The quantitative estimate of drug-likeness (QED) is 0.637. The summed E-state index contributed by atoms with van der Waals surface area (Å²) in [6, 6.07) is 8.59. The molecule has 0 spiro atoms. The maximum Gasteiger partial charge on any atom is 0.248 e. The first kappa shape index (κ1) is 24.3. The summed E-state index contributed by atoms with van der Waals surface area (Å²) in [5.74, 6) is 1.26. The molecule has 1 aliphatic heterocycles. The molecule has 0 radical (unpaired) electrons. The first-order valence-electron chi connectivity index (χ1n) is 12.6. The van der Waals surface area contributed by atoms with E-state index >= 15 is 0 Å². The third kappa shape index (κ3) is 6.79. The summed E-state index contributed by atoms with van der Waals surface area (Å²) in [5.41, 5.74) is 7.87. The van der Waals surface area contributed by atoms with Crippen LogP contribution in [0.3, 0.4) is 0 Å². The largest absolute Gasteiger partial charge is 0.366 e. The second-order valence-electron chi connectivity index (χ2n) is 11.0. The third-order valence-corrected chi connectivity index (χ3v) is 7.90. The first-order valence-corrected chi connectivity index (χ1v) is 12.6. The molecule has 1 aromatic carbocycles. The molecule has 2 N–H and O–H groups in total. The molecule has 0 bridgehead atoms. The standard InChI is InChI=1S/C27H45N3O/c1-5-6-14-29-15-17-30(18-16-29)25(20-21-8-7-9-23(19-21)26(28)31)22-10-12-24(13-11-22)27(2,3)4/h7-9,19,22,24-25H,5-6,10-18,20H2,1-4H3,(H2,28,31). The highest BCUT2D eigenvalue weighted by Gasteiger charge is 2.36. The number of nitrogens with zero attached hydrogens (tertiary/aromatic N) is 2. The van der Waals surface area contributed by atoms with E-state index in [1.54, 1.807) is 0 Å². The smallest absolute Gasteiger partial charge is 0.248 e. The lowest BCUT2D eigenvalue weighted by Gasteiger charge is -2.46. The molecule has 4 heteroatoms. The van der Waals surface area contributed by atoms with Gasteiger partial charge in [0.1, 0.15) is 0 Å². The minimum Gasteiger partial charge on any atom is -0.366 e. The Bertz CT molecular complexity index is 695. The van der Waals surface area contributed by atoms with Gasteiger partial charge in [-0.1, -0.05) is 46.2 Å². The van der Waals surface area contributed by atoms with Crippen LogP contribution in [0.25, 0.3) is 0 Å². The molecule has 1 aromatic rings. The SMILES string of the molecule is CCCCN1CCN(C(Cc2cccc(C(N)=O)c2)C2CCC(C(C)(C)C)CC2)CC1. The molecule has 3 rings (SSSR count). The molecule has 1 atom stereocenters. The number of hydrogen-bond donors (Lipinski definition) is 1. The summed E-state index contributed by atoms with van der Waals surface area (Å²) in [7, 11) is 0. The molecular formula is C27H45N3O. The maximum atomic E-state index is 11.7. The molecular weight excluding hydrogens is 382 g/mol. The van der Waals surface area contributed by atoms with Crippen molar-refractivity contribution in [3.05, 3.63) is 35.4 Å². The van der Waals surface area contributed by atoms with Crippen LogP contribution in [0.4, 0.5) is 0 Å². The van der Waals surface area contributed by atoms with E-state index in [0.717, 1.165) is 18.3 Å². The summed E-state index contributed by atoms with van der Waals surface area (Å²) in [6.45, 7) is 15.4. The van der Waals surface area contributed by atoms with Crippen molar-refractivity contribution in [3.8, 4) is 0 Å². The number of benzene rings is 1. The molecule has 2 aliphatic rings. The van der Waals surface area contributed by atoms with Crippen LogP contribution in [-0.2, 0) is 6.42 Å². The van der Waals surface area contributed by atoms with Gasteiger partial charge in [0.15, 0.2) is 0 Å². The number of carbonyl (C=O) groups is 1. The van der Waals surface area contributed by atoms with Crippen LogP contribution < -0.4 is 5.73 Å². The molecule has 1 unspecified atom stereocenters. The summed E-state index contributed by atoms with van der Waals surface area (Å²) in [4.78, 5) is 17.1. The molecule has 1 heterocycles. The Labute approximate surface area is 190 Å². The van der Waals surface area contributed by atoms with E-state index in [0.29, 0.717) is 17.0 Å². The van der Waals surface area contributed by atoms with Gasteiger partial charge in [-0.25, -0.2) is 0 Å². The van der Waals surface area contributed by atoms with Crippen molar-refractivity contribution in [2.75, 3.05) is 32.7 Å². The fourth-order valence-electron chi connectivity index (χ4n) is 5.76. The van der Waals surface area contributed by atoms with E-state index in [4.69, 9.17) is 5.73 Å². The summed E-state index contributed by atoms with van der Waals surface area (Å²) in [6.07, 6.45) is 8.97. The van der Waals surface area contributed by atoms with Gasteiger partial charge in [0.2, 0.25) is 5.91 Å². The molecule has 31 heavy (non-hydrogen) atoms. The number of piperazine rings is 1. The minimum atomic E-state index is -0.325. The van der Waals surface area contributed by atoms with E-state index in [9.17, 15) is 4.79 Å². The van der Waals surface area contributed by atoms with Gasteiger partial charge in [0.05, 0.1) is 0 Å². The highest BCUT2D eigenvalue weighted by Crippen LogP contribution is 2.42. The molecule has 1 aliphatic carbocycles. The van der Waals surface area contributed by atoms with Gasteiger partial charge < -0.3 is 10.6 Å². The Hall–Kier alpha value is -1.39. The number of amides is 1. The van der Waals surface area contributed by atoms with Crippen molar-refractivity contribution in [1.82, 2.24) is 9.80 Å². The van der Waals surface area contributed by atoms with Gasteiger partial charge in [0, 0.05) is 37.8 Å². The van der Waals surface area contributed by atoms with Crippen LogP contribution in [0.1, 0.15) is 82.1 Å². The van der Waals surface area contributed by atoms with Crippen LogP contribution in [0.5, 0.6) is 0 Å². The summed E-state index contributed by atoms with van der Waals surface area (Å²) >= 11 is 0. The lowest BCUT2D eigenvalue weighted by Crippen LogP contribution is -2.53. The van der Waals surface area contributed by atoms with Crippen molar-refractivity contribution in [3.63, 3.8) is 0 Å². The van der Waals surface area contributed by atoms with E-state index in [2.05, 4.69) is 43.6 Å². The van der Waals surface area contributed by atoms with Crippen molar-refractivity contribution in [2.24, 2.45) is 23.0 Å². The first-order chi connectivity index (χ1) is 14.8. The molecule has 2 fully saturated rings. The average Bonchev–Trinajstić information content (AvgIpc) is 2.76. The van der Waals surface area contributed by atoms with Gasteiger partial charge in [-0.05, 0) is 80.0 Å². The molecule has 174 valence electrons. The van der Waals surface area contributed by atoms with Crippen LogP contribution in [0.2, 0.25) is 0 Å². The highest BCUT2D eigenvalue weighted by atomic mass is 16.1.